The Morgan fingerprint density at radius 1 is 0.652 bits per heavy atom. The molecule has 46 heavy (non-hydrogen) atoms. The minimum Gasteiger partial charge on any atom is -0.451 e. The van der Waals surface area contributed by atoms with E-state index in [0.717, 1.165) is 5.56 Å². The summed E-state index contributed by atoms with van der Waals surface area (Å²) < 4.78 is 5.80. The number of nitrogens with zero attached hydrogens (tertiary/aromatic N) is 2. The van der Waals surface area contributed by atoms with Crippen LogP contribution < -0.4 is 21.3 Å². The van der Waals surface area contributed by atoms with Gasteiger partial charge in [0.1, 0.15) is 24.2 Å². The Bertz CT molecular complexity index is 1420. The van der Waals surface area contributed by atoms with Gasteiger partial charge >= 0.3 is 11.7 Å². The van der Waals surface area contributed by atoms with E-state index >= 15 is 0 Å². The summed E-state index contributed by atoms with van der Waals surface area (Å²) >= 11 is 0. The van der Waals surface area contributed by atoms with E-state index in [1.54, 1.807) is 52.0 Å². The van der Waals surface area contributed by atoms with Crippen LogP contribution in [-0.4, -0.2) is 59.9 Å². The lowest BCUT2D eigenvalue weighted by Gasteiger charge is -2.29. The molecule has 1 heterocycles. The van der Waals surface area contributed by atoms with Crippen LogP contribution in [0.3, 0.4) is 0 Å². The fourth-order valence-corrected chi connectivity index (χ4v) is 5.14. The quantitative estimate of drug-likeness (QED) is 0.255. The van der Waals surface area contributed by atoms with E-state index in [9.17, 15) is 24.0 Å². The number of ether oxygens (including phenoxy) is 1. The van der Waals surface area contributed by atoms with Crippen molar-refractivity contribution in [3.63, 3.8) is 0 Å². The summed E-state index contributed by atoms with van der Waals surface area (Å²) in [5, 5.41) is 20.1. The highest BCUT2D eigenvalue weighted by Crippen LogP contribution is 2.17. The first-order valence-electron chi connectivity index (χ1n) is 15.7. The molecule has 12 nitrogen and oxygen atoms in total. The van der Waals surface area contributed by atoms with Gasteiger partial charge in [-0.1, -0.05) is 84.0 Å². The van der Waals surface area contributed by atoms with Crippen LogP contribution in [0.1, 0.15) is 59.1 Å². The zero-order chi connectivity index (χ0) is 34.0. The molecule has 4 amide bonds. The van der Waals surface area contributed by atoms with Crippen molar-refractivity contribution >= 4 is 35.3 Å². The Kier molecular flexibility index (Phi) is 12.8. The molecule has 246 valence electrons. The zero-order valence-corrected chi connectivity index (χ0v) is 27.3. The molecule has 0 aromatic heterocycles. The third kappa shape index (κ3) is 10.1. The zero-order valence-electron chi connectivity index (χ0n) is 27.3. The van der Waals surface area contributed by atoms with Gasteiger partial charge in [0, 0.05) is 25.0 Å². The molecule has 1 saturated heterocycles. The Balaban J connectivity index is 2.07. The highest BCUT2D eigenvalue weighted by atomic mass is 16.5. The van der Waals surface area contributed by atoms with E-state index in [-0.39, 0.29) is 37.0 Å². The molecule has 5 atom stereocenters. The number of cyclic esters (lactones) is 1. The van der Waals surface area contributed by atoms with Crippen molar-refractivity contribution in [2.24, 2.45) is 17.8 Å². The average Bonchev–Trinajstić information content (AvgIpc) is 3.01. The SMILES string of the molecule is CC(C)CC1OC(=O)[C@H](Cc2ccccc2)NC(=O)[C@H](C(C)C)NC(=O)[C@H](C(C)C)NC(=O)[C@H](Cc2ccc([N+]#N)cc2)NC1=O. The number of esters is 1. The van der Waals surface area contributed by atoms with E-state index in [0.29, 0.717) is 11.3 Å². The van der Waals surface area contributed by atoms with Crippen LogP contribution in [0.15, 0.2) is 54.6 Å². The largest absolute Gasteiger partial charge is 0.451 e. The number of diazo groups is 1. The minimum atomic E-state index is -1.26. The molecule has 1 unspecified atom stereocenters. The summed E-state index contributed by atoms with van der Waals surface area (Å²) in [7, 11) is 0. The lowest BCUT2D eigenvalue weighted by atomic mass is 9.98. The van der Waals surface area contributed by atoms with E-state index in [1.807, 2.05) is 44.2 Å². The number of carbonyl (C=O) groups excluding carboxylic acids is 5. The van der Waals surface area contributed by atoms with Crippen molar-refractivity contribution < 1.29 is 28.7 Å². The van der Waals surface area contributed by atoms with Gasteiger partial charge in [-0.25, -0.2) is 4.79 Å². The molecule has 0 spiro atoms. The Labute approximate surface area is 270 Å². The molecular weight excluding hydrogens is 588 g/mol. The topological polar surface area (TPSA) is 171 Å². The van der Waals surface area contributed by atoms with Crippen molar-refractivity contribution in [2.75, 3.05) is 0 Å². The lowest BCUT2D eigenvalue weighted by Crippen LogP contribution is -2.60. The maximum atomic E-state index is 13.8. The van der Waals surface area contributed by atoms with Gasteiger partial charge in [-0.05, 0) is 35.3 Å². The first-order chi connectivity index (χ1) is 21.8. The number of hydrogen-bond acceptors (Lipinski definition) is 7. The van der Waals surface area contributed by atoms with Gasteiger partial charge < -0.3 is 26.0 Å². The number of amides is 4. The van der Waals surface area contributed by atoms with Crippen molar-refractivity contribution in [1.29, 1.82) is 5.39 Å². The van der Waals surface area contributed by atoms with E-state index in [1.165, 1.54) is 0 Å². The van der Waals surface area contributed by atoms with Crippen molar-refractivity contribution in [3.05, 3.63) is 70.7 Å². The maximum Gasteiger partial charge on any atom is 0.385 e. The third-order valence-corrected chi connectivity index (χ3v) is 7.74. The minimum absolute atomic E-state index is 0.0311. The number of carbonyl (C=O) groups is 5. The summed E-state index contributed by atoms with van der Waals surface area (Å²) in [5.41, 5.74) is 1.71. The molecule has 1 aliphatic rings. The molecular formula is C34H45N6O6+. The van der Waals surface area contributed by atoms with Gasteiger partial charge in [-0.2, -0.15) is 0 Å². The van der Waals surface area contributed by atoms with Crippen LogP contribution in [0.4, 0.5) is 5.69 Å². The van der Waals surface area contributed by atoms with Crippen LogP contribution in [0, 0.1) is 23.1 Å². The highest BCUT2D eigenvalue weighted by molar-refractivity contribution is 5.96. The van der Waals surface area contributed by atoms with E-state index in [2.05, 4.69) is 26.2 Å². The number of benzene rings is 2. The Morgan fingerprint density at radius 2 is 1.15 bits per heavy atom. The first kappa shape index (κ1) is 35.7. The number of nitrogens with one attached hydrogen (secondary N) is 4. The van der Waals surface area contributed by atoms with Crippen LogP contribution in [0.2, 0.25) is 0 Å². The molecule has 4 N–H and O–H groups in total. The van der Waals surface area contributed by atoms with Gasteiger partial charge in [-0.3, -0.25) is 19.2 Å². The van der Waals surface area contributed by atoms with Gasteiger partial charge in [0.25, 0.3) is 5.91 Å². The van der Waals surface area contributed by atoms with Crippen LogP contribution in [0.25, 0.3) is 4.98 Å². The highest BCUT2D eigenvalue weighted by Gasteiger charge is 2.37. The standard InChI is InChI=1S/C34H44N6O6/c1-19(2)16-27-31(42)36-25(17-23-12-14-24(40-35)15-13-23)30(41)38-29(21(5)6)33(44)39-28(20(3)4)32(43)37-26(34(45)46-27)18-22-10-8-7-9-11-22/h7-15,19-21,25-29H,16-18H2,1-6H3,(H3-,36,37,38,39,41,42,43,44)/p+1/t25-,26-,27?,28-,29-/m0/s1. The van der Waals surface area contributed by atoms with Gasteiger partial charge in [0.05, 0.1) is 0 Å². The lowest BCUT2D eigenvalue weighted by molar-refractivity contribution is -0.160. The van der Waals surface area contributed by atoms with Crippen molar-refractivity contribution in [1.82, 2.24) is 21.3 Å². The Hall–Kier alpha value is -4.79. The fourth-order valence-electron chi connectivity index (χ4n) is 5.14. The summed E-state index contributed by atoms with van der Waals surface area (Å²) in [4.78, 5) is 71.6. The summed E-state index contributed by atoms with van der Waals surface area (Å²) in [5.74, 6) is -4.10. The predicted octanol–water partition coefficient (Wildman–Crippen LogP) is 3.18. The Morgan fingerprint density at radius 3 is 1.70 bits per heavy atom. The average molecular weight is 634 g/mol. The van der Waals surface area contributed by atoms with Crippen molar-refractivity contribution in [3.8, 4) is 0 Å². The molecule has 0 saturated carbocycles. The van der Waals surface area contributed by atoms with E-state index in [4.69, 9.17) is 10.1 Å². The van der Waals surface area contributed by atoms with Crippen LogP contribution in [0.5, 0.6) is 0 Å². The van der Waals surface area contributed by atoms with Gasteiger partial charge in [0.2, 0.25) is 23.1 Å². The predicted molar refractivity (Wildman–Crippen MR) is 172 cm³/mol. The molecule has 3 rings (SSSR count). The molecule has 0 aliphatic carbocycles. The second kappa shape index (κ2) is 16.5. The molecule has 12 heteroatoms. The second-order valence-corrected chi connectivity index (χ2v) is 12.8. The van der Waals surface area contributed by atoms with Crippen LogP contribution >= 0.6 is 0 Å². The molecule has 1 aliphatic heterocycles. The molecule has 0 bridgehead atoms. The summed E-state index contributed by atoms with van der Waals surface area (Å²) in [6.45, 7) is 10.8. The maximum absolute atomic E-state index is 13.8. The van der Waals surface area contributed by atoms with Gasteiger partial charge in [0.15, 0.2) is 11.1 Å². The smallest absolute Gasteiger partial charge is 0.385 e. The van der Waals surface area contributed by atoms with Crippen molar-refractivity contribution in [2.45, 2.75) is 91.1 Å². The van der Waals surface area contributed by atoms with Crippen LogP contribution in [-0.2, 0) is 41.6 Å². The van der Waals surface area contributed by atoms with Gasteiger partial charge in [-0.15, -0.1) is 0 Å². The third-order valence-electron chi connectivity index (χ3n) is 7.74. The van der Waals surface area contributed by atoms with E-state index < -0.39 is 59.9 Å². The monoisotopic (exact) mass is 633 g/mol. The number of hydrogen-bond donors (Lipinski definition) is 4. The second-order valence-electron chi connectivity index (χ2n) is 12.8. The molecule has 2 aromatic rings. The molecule has 0 radical (unpaired) electrons. The first-order valence-corrected chi connectivity index (χ1v) is 15.7. The number of rotatable bonds is 8. The normalized spacial score (nSPS) is 23.4. The molecule has 2 aromatic carbocycles. The molecule has 1 fully saturated rings. The summed E-state index contributed by atoms with van der Waals surface area (Å²) in [6.07, 6.45) is -0.981. The summed E-state index contributed by atoms with van der Waals surface area (Å²) in [6, 6.07) is 11.1. The fraction of sp³-hybridized carbons (Fsp3) is 0.500.